The van der Waals surface area contributed by atoms with Crippen molar-refractivity contribution in [3.8, 4) is 11.8 Å². The summed E-state index contributed by atoms with van der Waals surface area (Å²) in [6.07, 6.45) is -0.0431. The van der Waals surface area contributed by atoms with Crippen LogP contribution < -0.4 is 9.64 Å². The van der Waals surface area contributed by atoms with E-state index in [0.29, 0.717) is 0 Å². The lowest BCUT2D eigenvalue weighted by Crippen LogP contribution is -2.26. The summed E-state index contributed by atoms with van der Waals surface area (Å²) in [4.78, 5) is 13.3. The zero-order valence-electron chi connectivity index (χ0n) is 11.3. The molecule has 18 heavy (non-hydrogen) atoms. The van der Waals surface area contributed by atoms with Crippen molar-refractivity contribution in [2.75, 3.05) is 25.6 Å². The molecule has 1 aromatic carbocycles. The summed E-state index contributed by atoms with van der Waals surface area (Å²) in [6.45, 7) is 4.24. The summed E-state index contributed by atoms with van der Waals surface area (Å²) in [5.74, 6) is 0.765. The van der Waals surface area contributed by atoms with Crippen LogP contribution in [0, 0.1) is 25.2 Å². The van der Waals surface area contributed by atoms with Gasteiger partial charge in [0.15, 0.2) is 5.78 Å². The van der Waals surface area contributed by atoms with E-state index in [9.17, 15) is 4.79 Å². The Hall–Kier alpha value is -2.02. The number of ketones is 1. The standard InChI is InChI=1S/C14H18N2O2/c1-10-11(2)14(18-4)6-5-13(10)16(3)9-12(17)7-8-15/h5-6H,7,9H2,1-4H3. The number of likely N-dealkylation sites (N-methyl/N-ethyl adjacent to an activating group) is 1. The quantitative estimate of drug-likeness (QED) is 0.799. The largest absolute Gasteiger partial charge is 0.496 e. The number of carbonyl (C=O) groups excluding carboxylic acids is 1. The van der Waals surface area contributed by atoms with Gasteiger partial charge in [0.1, 0.15) is 5.75 Å². The zero-order valence-corrected chi connectivity index (χ0v) is 11.3. The fourth-order valence-electron chi connectivity index (χ4n) is 1.91. The van der Waals surface area contributed by atoms with Gasteiger partial charge in [0.2, 0.25) is 0 Å². The second-order valence-electron chi connectivity index (χ2n) is 4.27. The minimum atomic E-state index is -0.0760. The van der Waals surface area contributed by atoms with Gasteiger partial charge in [-0.15, -0.1) is 0 Å². The number of benzene rings is 1. The molecule has 0 bridgehead atoms. The maximum Gasteiger partial charge on any atom is 0.166 e. The highest BCUT2D eigenvalue weighted by Gasteiger charge is 2.12. The van der Waals surface area contributed by atoms with Crippen LogP contribution in [0.5, 0.6) is 5.75 Å². The third-order valence-electron chi connectivity index (χ3n) is 3.03. The first-order chi connectivity index (χ1) is 8.51. The van der Waals surface area contributed by atoms with Crippen LogP contribution in [0.2, 0.25) is 0 Å². The smallest absolute Gasteiger partial charge is 0.166 e. The number of nitriles is 1. The fraction of sp³-hybridized carbons (Fsp3) is 0.429. The molecule has 0 saturated carbocycles. The van der Waals surface area contributed by atoms with E-state index < -0.39 is 0 Å². The Bertz CT molecular complexity index is 489. The molecule has 0 aliphatic rings. The van der Waals surface area contributed by atoms with Crippen molar-refractivity contribution >= 4 is 11.5 Å². The molecule has 0 atom stereocenters. The maximum atomic E-state index is 11.5. The number of methoxy groups -OCH3 is 1. The summed E-state index contributed by atoms with van der Waals surface area (Å²) in [5.41, 5.74) is 3.13. The van der Waals surface area contributed by atoms with Crippen molar-refractivity contribution < 1.29 is 9.53 Å². The summed E-state index contributed by atoms with van der Waals surface area (Å²) in [7, 11) is 3.49. The molecular formula is C14H18N2O2. The minimum absolute atomic E-state index is 0.0431. The molecule has 4 heteroatoms. The van der Waals surface area contributed by atoms with Crippen LogP contribution in [0.15, 0.2) is 12.1 Å². The fourth-order valence-corrected chi connectivity index (χ4v) is 1.91. The third kappa shape index (κ3) is 3.01. The van der Waals surface area contributed by atoms with Crippen molar-refractivity contribution in [3.63, 3.8) is 0 Å². The predicted octanol–water partition coefficient (Wildman–Crippen LogP) is 2.23. The lowest BCUT2D eigenvalue weighted by molar-refractivity contribution is -0.116. The molecule has 0 radical (unpaired) electrons. The molecule has 0 heterocycles. The molecule has 96 valence electrons. The number of ether oxygens (including phenoxy) is 1. The predicted molar refractivity (Wildman–Crippen MR) is 71.0 cm³/mol. The van der Waals surface area contributed by atoms with Gasteiger partial charge in [-0.1, -0.05) is 0 Å². The van der Waals surface area contributed by atoms with E-state index >= 15 is 0 Å². The first kappa shape index (κ1) is 14.0. The Labute approximate surface area is 108 Å². The zero-order chi connectivity index (χ0) is 13.7. The van der Waals surface area contributed by atoms with Crippen LogP contribution in [0.1, 0.15) is 17.5 Å². The molecule has 4 nitrogen and oxygen atoms in total. The number of rotatable bonds is 5. The number of anilines is 1. The molecule has 1 rings (SSSR count). The van der Waals surface area contributed by atoms with E-state index in [1.807, 2.05) is 44.0 Å². The summed E-state index contributed by atoms with van der Waals surface area (Å²) in [5, 5.41) is 8.48. The monoisotopic (exact) mass is 246 g/mol. The highest BCUT2D eigenvalue weighted by atomic mass is 16.5. The van der Waals surface area contributed by atoms with E-state index in [2.05, 4.69) is 0 Å². The molecule has 0 aliphatic heterocycles. The summed E-state index contributed by atoms with van der Waals surface area (Å²) < 4.78 is 5.25. The average Bonchev–Trinajstić information content (AvgIpc) is 2.32. The van der Waals surface area contributed by atoms with Crippen LogP contribution in [-0.2, 0) is 4.79 Å². The van der Waals surface area contributed by atoms with E-state index in [1.54, 1.807) is 7.11 Å². The Morgan fingerprint density at radius 2 is 2.06 bits per heavy atom. The lowest BCUT2D eigenvalue weighted by atomic mass is 10.1. The van der Waals surface area contributed by atoms with Crippen molar-refractivity contribution in [1.82, 2.24) is 0 Å². The molecule has 0 fully saturated rings. The Kier molecular flexibility index (Phi) is 4.73. The number of nitrogens with zero attached hydrogens (tertiary/aromatic N) is 2. The molecule has 0 spiro atoms. The van der Waals surface area contributed by atoms with Gasteiger partial charge in [-0.2, -0.15) is 5.26 Å². The van der Waals surface area contributed by atoms with Crippen molar-refractivity contribution in [1.29, 1.82) is 5.26 Å². The van der Waals surface area contributed by atoms with Gasteiger partial charge >= 0.3 is 0 Å². The van der Waals surface area contributed by atoms with E-state index in [4.69, 9.17) is 10.00 Å². The van der Waals surface area contributed by atoms with Crippen LogP contribution in [0.3, 0.4) is 0 Å². The molecule has 0 aliphatic carbocycles. The molecule has 1 aromatic rings. The van der Waals surface area contributed by atoms with Crippen LogP contribution in [-0.4, -0.2) is 26.5 Å². The number of carbonyl (C=O) groups is 1. The highest BCUT2D eigenvalue weighted by molar-refractivity contribution is 5.85. The first-order valence-corrected chi connectivity index (χ1v) is 5.75. The summed E-state index contributed by atoms with van der Waals surface area (Å²) in [6, 6.07) is 5.70. The second-order valence-corrected chi connectivity index (χ2v) is 4.27. The van der Waals surface area contributed by atoms with Gasteiger partial charge < -0.3 is 9.64 Å². The molecular weight excluding hydrogens is 228 g/mol. The minimum Gasteiger partial charge on any atom is -0.496 e. The number of hydrogen-bond acceptors (Lipinski definition) is 4. The van der Waals surface area contributed by atoms with E-state index in [1.165, 1.54) is 0 Å². The van der Waals surface area contributed by atoms with Crippen molar-refractivity contribution in [2.24, 2.45) is 0 Å². The van der Waals surface area contributed by atoms with Crippen LogP contribution in [0.25, 0.3) is 0 Å². The van der Waals surface area contributed by atoms with Gasteiger partial charge in [-0.3, -0.25) is 4.79 Å². The Morgan fingerprint density at radius 3 is 2.61 bits per heavy atom. The molecule has 0 amide bonds. The molecule has 0 saturated heterocycles. The van der Waals surface area contributed by atoms with Crippen molar-refractivity contribution in [2.45, 2.75) is 20.3 Å². The molecule has 0 aromatic heterocycles. The molecule has 0 unspecified atom stereocenters. The second kappa shape index (κ2) is 6.06. The normalized spacial score (nSPS) is 9.72. The van der Waals surface area contributed by atoms with Gasteiger partial charge in [-0.05, 0) is 37.1 Å². The van der Waals surface area contributed by atoms with Gasteiger partial charge in [0, 0.05) is 12.7 Å². The van der Waals surface area contributed by atoms with Crippen LogP contribution >= 0.6 is 0 Å². The first-order valence-electron chi connectivity index (χ1n) is 5.75. The third-order valence-corrected chi connectivity index (χ3v) is 3.03. The SMILES string of the molecule is COc1ccc(N(C)CC(=O)CC#N)c(C)c1C. The topological polar surface area (TPSA) is 53.3 Å². The Morgan fingerprint density at radius 1 is 1.39 bits per heavy atom. The molecule has 0 N–H and O–H groups in total. The average molecular weight is 246 g/mol. The number of hydrogen-bond donors (Lipinski definition) is 0. The summed E-state index contributed by atoms with van der Waals surface area (Å²) >= 11 is 0. The maximum absolute atomic E-state index is 11.5. The van der Waals surface area contributed by atoms with Gasteiger partial charge in [-0.25, -0.2) is 0 Å². The Balaban J connectivity index is 2.94. The van der Waals surface area contributed by atoms with Gasteiger partial charge in [0.05, 0.1) is 26.1 Å². The van der Waals surface area contributed by atoms with E-state index in [0.717, 1.165) is 22.6 Å². The van der Waals surface area contributed by atoms with E-state index in [-0.39, 0.29) is 18.7 Å². The highest BCUT2D eigenvalue weighted by Crippen LogP contribution is 2.29. The lowest BCUT2D eigenvalue weighted by Gasteiger charge is -2.22. The number of Topliss-reactive ketones (excluding diaryl/α,β-unsaturated/α-hetero) is 1. The van der Waals surface area contributed by atoms with Crippen LogP contribution in [0.4, 0.5) is 5.69 Å². The van der Waals surface area contributed by atoms with Gasteiger partial charge in [0.25, 0.3) is 0 Å². The van der Waals surface area contributed by atoms with Crippen molar-refractivity contribution in [3.05, 3.63) is 23.3 Å².